The van der Waals surface area contributed by atoms with Crippen LogP contribution in [0.25, 0.3) is 0 Å². The number of carbonyl (C=O) groups is 2. The van der Waals surface area contributed by atoms with Crippen LogP contribution in [0.3, 0.4) is 0 Å². The lowest BCUT2D eigenvalue weighted by atomic mass is 9.70. The zero-order chi connectivity index (χ0) is 35.3. The zero-order valence-electron chi connectivity index (χ0n) is 28.5. The van der Waals surface area contributed by atoms with Gasteiger partial charge in [0.15, 0.2) is 0 Å². The third kappa shape index (κ3) is 7.12. The molecule has 5 atom stereocenters. The third-order valence-corrected chi connectivity index (χ3v) is 13.3. The second kappa shape index (κ2) is 13.7. The standard InChI is InChI=1S/C37H45ClF2N4O5S/c1-24-6-5-8-32(48-2)30-13-10-28(30)19-43-18-27-9-12-29(38)16-25(27)7-3-4-15-49-33-14-11-26(17-31(33)43)34(45)41-50(47,20-24)42-35(46)44-22-36(23-44)21-37(36,39)40/h5,8-9,11-12,14,16-17,24,28,30,32H,3-4,6-7,10,13,15,18-23H2,1-2H3,(H,41,42,45,46,47)/b8-5+/t24-,28-,30+,32-,50-/m0/s1. The van der Waals surface area contributed by atoms with E-state index in [1.54, 1.807) is 25.3 Å². The first kappa shape index (κ1) is 35.2. The number of hydrogen-bond donors (Lipinski definition) is 1. The molecule has 1 saturated heterocycles. The SMILES string of the molecule is CO[C@H]1/C=C/C[C@H](C)C[S@@](=O)(NC(=O)N2CC3(C2)CC3(F)F)=NC(=O)c2ccc3c(c2)N(Cc2ccc(Cl)cc2CCCCO3)C[C@@H]2CC[C@H]21. The highest BCUT2D eigenvalue weighted by atomic mass is 35.5. The van der Waals surface area contributed by atoms with Crippen LogP contribution in [0.15, 0.2) is 52.9 Å². The van der Waals surface area contributed by atoms with Gasteiger partial charge in [-0.2, -0.15) is 0 Å². The molecule has 0 aromatic heterocycles. The van der Waals surface area contributed by atoms with Crippen molar-refractivity contribution in [3.05, 3.63) is 70.3 Å². The maximum atomic E-state index is 14.4. The fraction of sp³-hybridized carbons (Fsp3) is 0.568. The molecule has 1 spiro atoms. The molecule has 2 aromatic carbocycles. The molecule has 1 N–H and O–H groups in total. The van der Waals surface area contributed by atoms with Crippen LogP contribution in [0.4, 0.5) is 19.3 Å². The topological polar surface area (TPSA) is 101 Å². The summed E-state index contributed by atoms with van der Waals surface area (Å²) >= 11 is 6.44. The van der Waals surface area contributed by atoms with Gasteiger partial charge in [-0.25, -0.2) is 17.8 Å². The Balaban J connectivity index is 1.27. The highest BCUT2D eigenvalue weighted by Crippen LogP contribution is 2.65. The second-order valence-corrected chi connectivity index (χ2v) is 17.3. The van der Waals surface area contributed by atoms with E-state index in [0.717, 1.165) is 43.4 Å². The fourth-order valence-electron chi connectivity index (χ4n) is 7.93. The van der Waals surface area contributed by atoms with E-state index < -0.39 is 33.2 Å². The third-order valence-electron chi connectivity index (χ3n) is 11.1. The van der Waals surface area contributed by atoms with Gasteiger partial charge < -0.3 is 19.3 Å². The number of fused-ring (bicyclic) bond motifs is 3. The maximum absolute atomic E-state index is 14.4. The summed E-state index contributed by atoms with van der Waals surface area (Å²) in [7, 11) is -1.92. The molecule has 270 valence electrons. The second-order valence-electron chi connectivity index (χ2n) is 14.9. The van der Waals surface area contributed by atoms with Crippen molar-refractivity contribution in [1.82, 2.24) is 9.62 Å². The minimum atomic E-state index is -3.64. The van der Waals surface area contributed by atoms with E-state index in [4.69, 9.17) is 21.1 Å². The number of allylic oxidation sites excluding steroid dienone is 1. The quantitative estimate of drug-likeness (QED) is 0.327. The maximum Gasteiger partial charge on any atom is 0.329 e. The normalized spacial score (nSPS) is 30.9. The Morgan fingerprint density at radius 3 is 2.66 bits per heavy atom. The lowest BCUT2D eigenvalue weighted by Crippen LogP contribution is -2.58. The van der Waals surface area contributed by atoms with Crippen molar-refractivity contribution in [2.45, 2.75) is 70.4 Å². The Morgan fingerprint density at radius 2 is 1.94 bits per heavy atom. The number of rotatable bonds is 2. The summed E-state index contributed by atoms with van der Waals surface area (Å²) in [4.78, 5) is 30.6. The zero-order valence-corrected chi connectivity index (χ0v) is 30.1. The van der Waals surface area contributed by atoms with Crippen LogP contribution >= 0.6 is 11.6 Å². The monoisotopic (exact) mass is 730 g/mol. The van der Waals surface area contributed by atoms with Gasteiger partial charge in [0.1, 0.15) is 15.7 Å². The minimum Gasteiger partial charge on any atom is -0.491 e. The molecule has 3 heterocycles. The summed E-state index contributed by atoms with van der Waals surface area (Å²) in [5.41, 5.74) is 2.09. The van der Waals surface area contributed by atoms with Gasteiger partial charge in [0.05, 0.1) is 29.6 Å². The number of aryl methyl sites for hydroxylation is 1. The molecule has 9 nitrogen and oxygen atoms in total. The Labute approximate surface area is 298 Å². The number of amides is 3. The van der Waals surface area contributed by atoms with Gasteiger partial charge in [-0.3, -0.25) is 9.52 Å². The van der Waals surface area contributed by atoms with Crippen LogP contribution in [0, 0.1) is 23.2 Å². The smallest absolute Gasteiger partial charge is 0.329 e. The predicted molar refractivity (Wildman–Crippen MR) is 189 cm³/mol. The van der Waals surface area contributed by atoms with E-state index in [2.05, 4.69) is 26.1 Å². The molecule has 13 heteroatoms. The predicted octanol–water partition coefficient (Wildman–Crippen LogP) is 7.27. The number of benzene rings is 2. The Hall–Kier alpha value is -3.22. The molecule has 2 saturated carbocycles. The number of anilines is 1. The molecule has 2 bridgehead atoms. The minimum absolute atomic E-state index is 0.0901. The van der Waals surface area contributed by atoms with Gasteiger partial charge in [0.25, 0.3) is 11.8 Å². The molecule has 3 amide bonds. The van der Waals surface area contributed by atoms with Crippen molar-refractivity contribution in [3.8, 4) is 5.75 Å². The Kier molecular flexibility index (Phi) is 9.66. The molecule has 7 rings (SSSR count). The molecular formula is C37H45ClF2N4O5S. The number of methoxy groups -OCH3 is 1. The summed E-state index contributed by atoms with van der Waals surface area (Å²) in [5.74, 6) is -2.57. The molecule has 50 heavy (non-hydrogen) atoms. The van der Waals surface area contributed by atoms with Crippen molar-refractivity contribution in [3.63, 3.8) is 0 Å². The first-order valence-electron chi connectivity index (χ1n) is 17.6. The summed E-state index contributed by atoms with van der Waals surface area (Å²) in [6.07, 6.45) is 8.94. The van der Waals surface area contributed by atoms with Gasteiger partial charge in [0.2, 0.25) is 0 Å². The largest absolute Gasteiger partial charge is 0.491 e. The highest BCUT2D eigenvalue weighted by Gasteiger charge is 2.76. The molecule has 5 aliphatic rings. The van der Waals surface area contributed by atoms with E-state index >= 15 is 0 Å². The van der Waals surface area contributed by atoms with Gasteiger partial charge in [-0.1, -0.05) is 36.7 Å². The number of nitrogens with one attached hydrogen (secondary N) is 1. The first-order valence-corrected chi connectivity index (χ1v) is 19.7. The average Bonchev–Trinajstić information content (AvgIpc) is 3.63. The van der Waals surface area contributed by atoms with E-state index in [-0.39, 0.29) is 48.8 Å². The fourth-order valence-corrected chi connectivity index (χ4v) is 10.0. The number of likely N-dealkylation sites (tertiary alicyclic amines) is 1. The Morgan fingerprint density at radius 1 is 1.14 bits per heavy atom. The van der Waals surface area contributed by atoms with Gasteiger partial charge in [-0.05, 0) is 97.7 Å². The van der Waals surface area contributed by atoms with Crippen molar-refractivity contribution in [2.24, 2.45) is 27.5 Å². The average molecular weight is 731 g/mol. The van der Waals surface area contributed by atoms with E-state index in [0.29, 0.717) is 42.8 Å². The van der Waals surface area contributed by atoms with Crippen LogP contribution in [0.1, 0.15) is 66.9 Å². The summed E-state index contributed by atoms with van der Waals surface area (Å²) in [5, 5.41) is 0.690. The van der Waals surface area contributed by atoms with Gasteiger partial charge in [0, 0.05) is 50.3 Å². The number of halogens is 3. The van der Waals surface area contributed by atoms with E-state index in [1.807, 2.05) is 25.1 Å². The number of ether oxygens (including phenoxy) is 2. The van der Waals surface area contributed by atoms with Crippen molar-refractivity contribution < 1.29 is 32.1 Å². The van der Waals surface area contributed by atoms with Crippen LogP contribution in [-0.4, -0.2) is 72.2 Å². The van der Waals surface area contributed by atoms with Gasteiger partial charge in [-0.15, -0.1) is 4.36 Å². The van der Waals surface area contributed by atoms with Crippen molar-refractivity contribution in [2.75, 3.05) is 44.0 Å². The number of carbonyl (C=O) groups excluding carboxylic acids is 2. The van der Waals surface area contributed by atoms with E-state index in [1.165, 1.54) is 10.5 Å². The summed E-state index contributed by atoms with van der Waals surface area (Å²) < 4.78 is 61.1. The number of urea groups is 1. The lowest BCUT2D eigenvalue weighted by Gasteiger charge is -2.43. The first-order chi connectivity index (χ1) is 23.9. The Bertz CT molecular complexity index is 1810. The van der Waals surface area contributed by atoms with E-state index in [9.17, 15) is 22.6 Å². The molecule has 3 aliphatic heterocycles. The lowest BCUT2D eigenvalue weighted by molar-refractivity contribution is -0.00404. The molecule has 2 aromatic rings. The van der Waals surface area contributed by atoms with Crippen LogP contribution < -0.4 is 14.4 Å². The molecule has 2 aliphatic carbocycles. The number of nitrogens with zero attached hydrogens (tertiary/aromatic N) is 3. The van der Waals surface area contributed by atoms with Crippen LogP contribution in [-0.2, 0) is 27.6 Å². The van der Waals surface area contributed by atoms with Crippen LogP contribution in [0.5, 0.6) is 5.75 Å². The molecule has 0 radical (unpaired) electrons. The molecule has 3 fully saturated rings. The molecule has 0 unspecified atom stereocenters. The van der Waals surface area contributed by atoms with Crippen molar-refractivity contribution in [1.29, 1.82) is 0 Å². The summed E-state index contributed by atoms with van der Waals surface area (Å²) in [6, 6.07) is 10.4. The number of hydrogen-bond acceptors (Lipinski definition) is 6. The van der Waals surface area contributed by atoms with Crippen molar-refractivity contribution >= 4 is 39.1 Å². The van der Waals surface area contributed by atoms with Crippen LogP contribution in [0.2, 0.25) is 5.02 Å². The molecular weight excluding hydrogens is 686 g/mol. The number of alkyl halides is 2. The summed E-state index contributed by atoms with van der Waals surface area (Å²) in [6.45, 7) is 3.41. The highest BCUT2D eigenvalue weighted by molar-refractivity contribution is 7.92. The van der Waals surface area contributed by atoms with Gasteiger partial charge >= 0.3 is 6.03 Å².